The van der Waals surface area contributed by atoms with Crippen molar-refractivity contribution in [1.29, 1.82) is 0 Å². The molecule has 1 heterocycles. The lowest BCUT2D eigenvalue weighted by Gasteiger charge is -2.35. The van der Waals surface area contributed by atoms with E-state index in [0.29, 0.717) is 17.1 Å². The van der Waals surface area contributed by atoms with Crippen LogP contribution in [0.4, 0.5) is 0 Å². The van der Waals surface area contributed by atoms with Crippen molar-refractivity contribution < 1.29 is 4.79 Å². The molecule has 1 aliphatic rings. The summed E-state index contributed by atoms with van der Waals surface area (Å²) in [6.07, 6.45) is 3.19. The van der Waals surface area contributed by atoms with Crippen LogP contribution >= 0.6 is 24.0 Å². The predicted molar refractivity (Wildman–Crippen MR) is 76.4 cm³/mol. The smallest absolute Gasteiger partial charge is 0.255 e. The molecule has 1 aromatic rings. The minimum absolute atomic E-state index is 0. The first-order valence-corrected chi connectivity index (χ1v) is 6.37. The number of rotatable bonds is 2. The van der Waals surface area contributed by atoms with E-state index in [1.807, 2.05) is 17.0 Å². The zero-order valence-corrected chi connectivity index (χ0v) is 11.7. The average molecular weight is 289 g/mol. The second-order valence-corrected chi connectivity index (χ2v) is 4.77. The van der Waals surface area contributed by atoms with Gasteiger partial charge in [0.15, 0.2) is 0 Å². The number of carbonyl (C=O) groups is 1. The fourth-order valence-corrected chi connectivity index (χ4v) is 2.52. The van der Waals surface area contributed by atoms with Crippen LogP contribution in [0.3, 0.4) is 0 Å². The Hall–Kier alpha value is -0.770. The molecule has 0 aliphatic carbocycles. The maximum Gasteiger partial charge on any atom is 0.255 e. The summed E-state index contributed by atoms with van der Waals surface area (Å²) in [7, 11) is 0. The van der Waals surface area contributed by atoms with Gasteiger partial charge in [-0.25, -0.2) is 0 Å². The van der Waals surface area contributed by atoms with Gasteiger partial charge in [0, 0.05) is 19.1 Å². The molecule has 3 nitrogen and oxygen atoms in total. The van der Waals surface area contributed by atoms with Crippen LogP contribution in [-0.4, -0.2) is 29.9 Å². The summed E-state index contributed by atoms with van der Waals surface area (Å²) in [5.41, 5.74) is 6.30. The van der Waals surface area contributed by atoms with Gasteiger partial charge in [-0.05, 0) is 31.4 Å². The molecule has 1 fully saturated rings. The largest absolute Gasteiger partial charge is 0.334 e. The number of halogens is 2. The van der Waals surface area contributed by atoms with Crippen LogP contribution < -0.4 is 5.73 Å². The Morgan fingerprint density at radius 3 is 2.78 bits per heavy atom. The Balaban J connectivity index is 0.00000162. The quantitative estimate of drug-likeness (QED) is 0.910. The molecule has 1 unspecified atom stereocenters. The van der Waals surface area contributed by atoms with E-state index < -0.39 is 0 Å². The Morgan fingerprint density at radius 2 is 2.11 bits per heavy atom. The number of nitrogens with zero attached hydrogens (tertiary/aromatic N) is 1. The summed E-state index contributed by atoms with van der Waals surface area (Å²) in [4.78, 5) is 14.2. The highest BCUT2D eigenvalue weighted by Gasteiger charge is 2.27. The predicted octanol–water partition coefficient (Wildman–Crippen LogP) is 2.72. The van der Waals surface area contributed by atoms with E-state index in [1.165, 1.54) is 0 Å². The lowest BCUT2D eigenvalue weighted by molar-refractivity contribution is 0.0623. The summed E-state index contributed by atoms with van der Waals surface area (Å²) in [5.74, 6) is 0.00532. The SMILES string of the molecule is Cl.NCC1CCCCN1C(=O)c1ccccc1Cl. The van der Waals surface area contributed by atoms with Crippen molar-refractivity contribution in [2.24, 2.45) is 5.73 Å². The molecule has 2 N–H and O–H groups in total. The minimum atomic E-state index is 0. The van der Waals surface area contributed by atoms with E-state index in [0.717, 1.165) is 25.8 Å². The Kier molecular flexibility index (Phi) is 5.93. The molecule has 18 heavy (non-hydrogen) atoms. The topological polar surface area (TPSA) is 46.3 Å². The maximum atomic E-state index is 12.4. The highest BCUT2D eigenvalue weighted by molar-refractivity contribution is 6.33. The molecule has 0 saturated carbocycles. The first kappa shape index (κ1) is 15.3. The first-order valence-electron chi connectivity index (χ1n) is 5.99. The Morgan fingerprint density at radius 1 is 1.39 bits per heavy atom. The molecule has 100 valence electrons. The van der Waals surface area contributed by atoms with Gasteiger partial charge in [0.25, 0.3) is 5.91 Å². The van der Waals surface area contributed by atoms with Gasteiger partial charge in [-0.1, -0.05) is 23.7 Å². The van der Waals surface area contributed by atoms with Crippen molar-refractivity contribution in [3.05, 3.63) is 34.9 Å². The summed E-state index contributed by atoms with van der Waals surface area (Å²) in [6.45, 7) is 1.31. The highest BCUT2D eigenvalue weighted by atomic mass is 35.5. The van der Waals surface area contributed by atoms with Crippen LogP contribution in [0.1, 0.15) is 29.6 Å². The number of hydrogen-bond donors (Lipinski definition) is 1. The molecule has 1 atom stereocenters. The van der Waals surface area contributed by atoms with Gasteiger partial charge in [-0.2, -0.15) is 0 Å². The van der Waals surface area contributed by atoms with E-state index in [4.69, 9.17) is 17.3 Å². The van der Waals surface area contributed by atoms with E-state index >= 15 is 0 Å². The Labute approximate surface area is 119 Å². The lowest BCUT2D eigenvalue weighted by Crippen LogP contribution is -2.47. The van der Waals surface area contributed by atoms with Crippen LogP contribution in [0, 0.1) is 0 Å². The van der Waals surface area contributed by atoms with Crippen LogP contribution in [0.2, 0.25) is 5.02 Å². The molecule has 1 aliphatic heterocycles. The molecule has 1 amide bonds. The number of likely N-dealkylation sites (tertiary alicyclic amines) is 1. The van der Waals surface area contributed by atoms with Crippen molar-refractivity contribution >= 4 is 29.9 Å². The number of amides is 1. The van der Waals surface area contributed by atoms with Crippen molar-refractivity contribution in [2.75, 3.05) is 13.1 Å². The molecule has 2 rings (SSSR count). The molecule has 5 heteroatoms. The summed E-state index contributed by atoms with van der Waals surface area (Å²) in [5, 5.41) is 0.513. The molecular formula is C13H18Cl2N2O. The molecular weight excluding hydrogens is 271 g/mol. The van der Waals surface area contributed by atoms with E-state index in [9.17, 15) is 4.79 Å². The van der Waals surface area contributed by atoms with E-state index in [-0.39, 0.29) is 24.4 Å². The molecule has 1 aromatic carbocycles. The lowest BCUT2D eigenvalue weighted by atomic mass is 10.0. The second kappa shape index (κ2) is 6.98. The van der Waals surface area contributed by atoms with Gasteiger partial charge in [0.05, 0.1) is 10.6 Å². The number of benzene rings is 1. The zero-order chi connectivity index (χ0) is 12.3. The summed E-state index contributed by atoms with van der Waals surface area (Å²) >= 11 is 6.05. The summed E-state index contributed by atoms with van der Waals surface area (Å²) in [6, 6.07) is 7.34. The fraction of sp³-hybridized carbons (Fsp3) is 0.462. The van der Waals surface area contributed by atoms with Crippen LogP contribution in [0.15, 0.2) is 24.3 Å². The average Bonchev–Trinajstić information content (AvgIpc) is 2.38. The van der Waals surface area contributed by atoms with Gasteiger partial charge in [-0.3, -0.25) is 4.79 Å². The van der Waals surface area contributed by atoms with Crippen molar-refractivity contribution in [1.82, 2.24) is 4.90 Å². The number of carbonyl (C=O) groups excluding carboxylic acids is 1. The first-order chi connectivity index (χ1) is 8.24. The third kappa shape index (κ3) is 3.16. The highest BCUT2D eigenvalue weighted by Crippen LogP contribution is 2.22. The van der Waals surface area contributed by atoms with Crippen LogP contribution in [0.25, 0.3) is 0 Å². The van der Waals surface area contributed by atoms with E-state index in [1.54, 1.807) is 12.1 Å². The zero-order valence-electron chi connectivity index (χ0n) is 10.1. The third-order valence-corrected chi connectivity index (χ3v) is 3.59. The molecule has 0 bridgehead atoms. The normalized spacial score (nSPS) is 19.2. The molecule has 0 aromatic heterocycles. The molecule has 1 saturated heterocycles. The van der Waals surface area contributed by atoms with Crippen molar-refractivity contribution in [3.8, 4) is 0 Å². The minimum Gasteiger partial charge on any atom is -0.334 e. The number of piperidine rings is 1. The standard InChI is InChI=1S/C13H17ClN2O.ClH/c14-12-7-2-1-6-11(12)13(17)16-8-4-3-5-10(16)9-15;/h1-2,6-7,10H,3-5,8-9,15H2;1H. The van der Waals surface area contributed by atoms with Gasteiger partial charge in [0.1, 0.15) is 0 Å². The van der Waals surface area contributed by atoms with Crippen molar-refractivity contribution in [2.45, 2.75) is 25.3 Å². The van der Waals surface area contributed by atoms with Gasteiger partial charge in [-0.15, -0.1) is 12.4 Å². The molecule has 0 spiro atoms. The van der Waals surface area contributed by atoms with Gasteiger partial charge >= 0.3 is 0 Å². The number of nitrogens with two attached hydrogens (primary N) is 1. The fourth-order valence-electron chi connectivity index (χ4n) is 2.30. The van der Waals surface area contributed by atoms with Crippen LogP contribution in [-0.2, 0) is 0 Å². The second-order valence-electron chi connectivity index (χ2n) is 4.36. The van der Waals surface area contributed by atoms with Gasteiger partial charge in [0.2, 0.25) is 0 Å². The van der Waals surface area contributed by atoms with Gasteiger partial charge < -0.3 is 10.6 Å². The monoisotopic (exact) mass is 288 g/mol. The third-order valence-electron chi connectivity index (χ3n) is 3.26. The van der Waals surface area contributed by atoms with E-state index in [2.05, 4.69) is 0 Å². The van der Waals surface area contributed by atoms with Crippen LogP contribution in [0.5, 0.6) is 0 Å². The maximum absolute atomic E-state index is 12.4. The number of hydrogen-bond acceptors (Lipinski definition) is 2. The van der Waals surface area contributed by atoms with Crippen molar-refractivity contribution in [3.63, 3.8) is 0 Å². The Bertz CT molecular complexity index is 412. The summed E-state index contributed by atoms with van der Waals surface area (Å²) < 4.78 is 0. The molecule has 0 radical (unpaired) electrons.